The fourth-order valence-electron chi connectivity index (χ4n) is 2.26. The molecule has 0 aliphatic heterocycles. The van der Waals surface area contributed by atoms with Crippen LogP contribution in [-0.4, -0.2) is 104 Å². The van der Waals surface area contributed by atoms with Crippen LogP contribution in [0.5, 0.6) is 5.75 Å². The lowest BCUT2D eigenvalue weighted by molar-refractivity contribution is -0.384. The van der Waals surface area contributed by atoms with E-state index in [1.54, 1.807) is 0 Å². The first-order valence-corrected chi connectivity index (χ1v) is 11.1. The van der Waals surface area contributed by atoms with E-state index in [-0.39, 0.29) is 24.7 Å². The molecule has 0 N–H and O–H groups in total. The quantitative estimate of drug-likeness (QED) is 0.0537. The van der Waals surface area contributed by atoms with Gasteiger partial charge in [-0.15, -0.1) is 0 Å². The molecule has 0 heterocycles. The first-order chi connectivity index (χ1) is 17.1. The summed E-state index contributed by atoms with van der Waals surface area (Å²) in [6.45, 7) is 5.61. The SMILES string of the molecule is [CH2+]OCCOCCOCCOCCOCCOCCOCCOC(=O)Oc1ccc([N+](=O)[O-])cc1. The van der Waals surface area contributed by atoms with Crippen molar-refractivity contribution in [2.45, 2.75) is 0 Å². The van der Waals surface area contributed by atoms with Crippen molar-refractivity contribution < 1.29 is 52.3 Å². The van der Waals surface area contributed by atoms with Gasteiger partial charge in [-0.3, -0.25) is 10.1 Å². The topological polar surface area (TPSA) is 143 Å². The van der Waals surface area contributed by atoms with Crippen LogP contribution in [0.1, 0.15) is 0 Å². The standard InChI is InChI=1S/C22H34NO12/c1-27-6-7-28-8-9-29-10-11-30-12-13-31-14-15-32-16-17-33-18-19-34-22(24)35-21-4-2-20(3-5-21)23(25)26/h2-5H,1,6-19H2/q+1. The van der Waals surface area contributed by atoms with Gasteiger partial charge in [0.1, 0.15) is 19.0 Å². The van der Waals surface area contributed by atoms with E-state index < -0.39 is 11.1 Å². The maximum Gasteiger partial charge on any atom is 0.513 e. The third kappa shape index (κ3) is 18.5. The molecule has 0 saturated carbocycles. The van der Waals surface area contributed by atoms with E-state index >= 15 is 0 Å². The van der Waals surface area contributed by atoms with Crippen molar-refractivity contribution in [3.63, 3.8) is 0 Å². The van der Waals surface area contributed by atoms with E-state index in [9.17, 15) is 14.9 Å². The van der Waals surface area contributed by atoms with Crippen LogP contribution in [0.3, 0.4) is 0 Å². The molecule has 0 aromatic heterocycles. The summed E-state index contributed by atoms with van der Waals surface area (Å²) < 4.78 is 46.3. The van der Waals surface area contributed by atoms with E-state index in [0.29, 0.717) is 79.3 Å². The molecule has 0 spiro atoms. The van der Waals surface area contributed by atoms with Gasteiger partial charge < -0.3 is 37.9 Å². The third-order valence-corrected chi connectivity index (χ3v) is 3.93. The summed E-state index contributed by atoms with van der Waals surface area (Å²) in [5.41, 5.74) is -0.102. The van der Waals surface area contributed by atoms with Gasteiger partial charge >= 0.3 is 6.16 Å². The number of carbonyl (C=O) groups is 1. The highest BCUT2D eigenvalue weighted by Gasteiger charge is 2.09. The molecule has 0 saturated heterocycles. The Bertz CT molecular complexity index is 658. The van der Waals surface area contributed by atoms with Gasteiger partial charge in [0.15, 0.2) is 0 Å². The summed E-state index contributed by atoms with van der Waals surface area (Å²) in [5, 5.41) is 10.6. The Morgan fingerprint density at radius 2 is 1.03 bits per heavy atom. The summed E-state index contributed by atoms with van der Waals surface area (Å²) >= 11 is 0. The van der Waals surface area contributed by atoms with Gasteiger partial charge in [0.05, 0.1) is 84.2 Å². The third-order valence-electron chi connectivity index (χ3n) is 3.93. The number of ether oxygens (including phenoxy) is 9. The molecule has 0 atom stereocenters. The van der Waals surface area contributed by atoms with Gasteiger partial charge in [0, 0.05) is 12.1 Å². The molecule has 0 radical (unpaired) electrons. The maximum atomic E-state index is 11.5. The fourth-order valence-corrected chi connectivity index (χ4v) is 2.26. The molecule has 13 nitrogen and oxygen atoms in total. The molecule has 1 rings (SSSR count). The Hall–Kier alpha value is -2.52. The van der Waals surface area contributed by atoms with Crippen molar-refractivity contribution in [1.82, 2.24) is 0 Å². The zero-order valence-corrected chi connectivity index (χ0v) is 19.8. The summed E-state index contributed by atoms with van der Waals surface area (Å²) in [5.74, 6) is 0.145. The van der Waals surface area contributed by atoms with E-state index in [1.165, 1.54) is 24.3 Å². The smallest absolute Gasteiger partial charge is 0.432 e. The molecule has 13 heteroatoms. The van der Waals surface area contributed by atoms with Crippen LogP contribution in [-0.2, 0) is 37.9 Å². The molecule has 0 fully saturated rings. The number of nitrogens with zero attached hydrogens (tertiary/aromatic N) is 1. The Balaban J connectivity index is 1.78. The molecule has 0 aliphatic rings. The van der Waals surface area contributed by atoms with E-state index in [4.69, 9.17) is 37.9 Å². The lowest BCUT2D eigenvalue weighted by atomic mass is 10.3. The molecular weight excluding hydrogens is 470 g/mol. The Labute approximate surface area is 204 Å². The average Bonchev–Trinajstić information content (AvgIpc) is 2.85. The van der Waals surface area contributed by atoms with Gasteiger partial charge in [-0.2, -0.15) is 4.74 Å². The van der Waals surface area contributed by atoms with E-state index in [1.807, 2.05) is 0 Å². The van der Waals surface area contributed by atoms with Crippen LogP contribution in [0, 0.1) is 17.2 Å². The van der Waals surface area contributed by atoms with Gasteiger partial charge in [0.2, 0.25) is 7.11 Å². The number of benzene rings is 1. The predicted octanol–water partition coefficient (Wildman–Crippen LogP) is 2.02. The highest BCUT2D eigenvalue weighted by molar-refractivity contribution is 5.63. The molecule has 0 bridgehead atoms. The fraction of sp³-hybridized carbons (Fsp3) is 0.636. The number of non-ortho nitro benzene ring substituents is 1. The highest BCUT2D eigenvalue weighted by Crippen LogP contribution is 2.17. The van der Waals surface area contributed by atoms with E-state index in [2.05, 4.69) is 11.8 Å². The van der Waals surface area contributed by atoms with Crippen LogP contribution in [0.15, 0.2) is 24.3 Å². The summed E-state index contributed by atoms with van der Waals surface area (Å²) in [6.07, 6.45) is -0.922. The number of nitro benzene ring substituents is 1. The second-order valence-corrected chi connectivity index (χ2v) is 6.53. The molecular formula is C22H34NO12+. The van der Waals surface area contributed by atoms with Crippen molar-refractivity contribution in [2.75, 3.05) is 92.5 Å². The van der Waals surface area contributed by atoms with Gasteiger partial charge in [0.25, 0.3) is 5.69 Å². The Morgan fingerprint density at radius 1 is 0.657 bits per heavy atom. The van der Waals surface area contributed by atoms with Crippen molar-refractivity contribution in [3.8, 4) is 5.75 Å². The summed E-state index contributed by atoms with van der Waals surface area (Å²) in [7, 11) is 3.25. The first-order valence-electron chi connectivity index (χ1n) is 11.1. The zero-order valence-electron chi connectivity index (χ0n) is 19.8. The van der Waals surface area contributed by atoms with Crippen molar-refractivity contribution >= 4 is 11.8 Å². The lowest BCUT2D eigenvalue weighted by Crippen LogP contribution is -2.16. The van der Waals surface area contributed by atoms with Gasteiger partial charge in [-0.1, -0.05) is 0 Å². The van der Waals surface area contributed by atoms with Crippen LogP contribution in [0.4, 0.5) is 10.5 Å². The summed E-state index contributed by atoms with van der Waals surface area (Å²) in [6, 6.07) is 5.07. The number of carbonyl (C=O) groups excluding carboxylic acids is 1. The minimum absolute atomic E-state index is 0.0000478. The number of hydrogen-bond donors (Lipinski definition) is 0. The molecule has 1 aromatic carbocycles. The molecule has 0 aliphatic carbocycles. The number of nitro groups is 1. The first kappa shape index (κ1) is 30.5. The number of hydrogen-bond acceptors (Lipinski definition) is 12. The molecule has 0 amide bonds. The lowest BCUT2D eigenvalue weighted by Gasteiger charge is -2.08. The molecule has 198 valence electrons. The minimum atomic E-state index is -0.922. The van der Waals surface area contributed by atoms with Crippen LogP contribution in [0.25, 0.3) is 0 Å². The predicted molar refractivity (Wildman–Crippen MR) is 121 cm³/mol. The molecule has 1 aromatic rings. The second-order valence-electron chi connectivity index (χ2n) is 6.53. The van der Waals surface area contributed by atoms with Gasteiger partial charge in [-0.05, 0) is 12.1 Å². The minimum Gasteiger partial charge on any atom is -0.432 e. The maximum absolute atomic E-state index is 11.5. The normalized spacial score (nSPS) is 10.9. The van der Waals surface area contributed by atoms with Crippen molar-refractivity contribution in [2.24, 2.45) is 0 Å². The largest absolute Gasteiger partial charge is 0.513 e. The van der Waals surface area contributed by atoms with Crippen LogP contribution in [0.2, 0.25) is 0 Å². The van der Waals surface area contributed by atoms with Crippen LogP contribution < -0.4 is 4.74 Å². The molecule has 35 heavy (non-hydrogen) atoms. The van der Waals surface area contributed by atoms with Crippen molar-refractivity contribution in [1.29, 1.82) is 0 Å². The molecule has 0 unspecified atom stereocenters. The monoisotopic (exact) mass is 504 g/mol. The Morgan fingerprint density at radius 3 is 1.40 bits per heavy atom. The number of rotatable bonds is 23. The van der Waals surface area contributed by atoms with Gasteiger partial charge in [-0.25, -0.2) is 4.79 Å². The zero-order chi connectivity index (χ0) is 25.4. The summed E-state index contributed by atoms with van der Waals surface area (Å²) in [4.78, 5) is 21.6. The second kappa shape index (κ2) is 22.0. The highest BCUT2D eigenvalue weighted by atomic mass is 16.7. The van der Waals surface area contributed by atoms with Crippen molar-refractivity contribution in [3.05, 3.63) is 41.5 Å². The average molecular weight is 505 g/mol. The van der Waals surface area contributed by atoms with Crippen LogP contribution >= 0.6 is 0 Å². The Kier molecular flexibility index (Phi) is 19.2. The van der Waals surface area contributed by atoms with E-state index in [0.717, 1.165) is 0 Å².